The molecule has 8 heteroatoms. The molecule has 0 bridgehead atoms. The summed E-state index contributed by atoms with van der Waals surface area (Å²) in [6, 6.07) is 19.8. The first-order chi connectivity index (χ1) is 17.0. The molecule has 6 nitrogen and oxygen atoms in total. The lowest BCUT2D eigenvalue weighted by molar-refractivity contribution is -0.145. The van der Waals surface area contributed by atoms with Crippen LogP contribution >= 0.6 is 23.4 Å². The molecule has 0 aromatic heterocycles. The lowest BCUT2D eigenvalue weighted by atomic mass is 9.93. The molecular weight excluding hydrogens is 489 g/mol. The molecule has 1 atom stereocenters. The summed E-state index contributed by atoms with van der Waals surface area (Å²) in [4.78, 5) is 25.0. The molecule has 0 fully saturated rings. The second-order valence-electron chi connectivity index (χ2n) is 8.02. The summed E-state index contributed by atoms with van der Waals surface area (Å²) in [7, 11) is 0. The maximum atomic E-state index is 12.7. The molecule has 0 radical (unpaired) electrons. The fourth-order valence-electron chi connectivity index (χ4n) is 3.86. The zero-order chi connectivity index (χ0) is 24.8. The molecule has 1 heterocycles. The summed E-state index contributed by atoms with van der Waals surface area (Å²) >= 11 is 12.7. The number of halogens is 2. The molecular formula is C27H25Cl2NO5. The van der Waals surface area contributed by atoms with Crippen molar-refractivity contribution in [1.82, 2.24) is 4.42 Å². The van der Waals surface area contributed by atoms with Crippen molar-refractivity contribution in [1.29, 1.82) is 0 Å². The van der Waals surface area contributed by atoms with Gasteiger partial charge in [-0.2, -0.15) is 0 Å². The number of amides is 1. The Bertz CT molecular complexity index is 1180. The highest BCUT2D eigenvalue weighted by atomic mass is 35.5. The monoisotopic (exact) mass is 513 g/mol. The van der Waals surface area contributed by atoms with E-state index in [-0.39, 0.29) is 11.9 Å². The van der Waals surface area contributed by atoms with E-state index in [0.29, 0.717) is 66.0 Å². The van der Waals surface area contributed by atoms with E-state index < -0.39 is 5.92 Å². The molecule has 0 spiro atoms. The predicted octanol–water partition coefficient (Wildman–Crippen LogP) is 6.40. The predicted molar refractivity (Wildman–Crippen MR) is 134 cm³/mol. The van der Waals surface area contributed by atoms with Crippen molar-refractivity contribution in [3.8, 4) is 17.2 Å². The standard InChI is InChI=1S/C27H25Cl2NO5/c1-2-33-27(32)21-13-15-34-24-17-25(23(28)16-22(21)24)35-20-10-8-19(9-11-20)26(31)30(29)14-12-18-6-4-3-5-7-18/h3-11,16-17,21H,2,12-15H2,1H3. The van der Waals surface area contributed by atoms with Crippen molar-refractivity contribution in [2.75, 3.05) is 19.8 Å². The summed E-state index contributed by atoms with van der Waals surface area (Å²) in [5.74, 6) is 0.411. The number of hydrogen-bond acceptors (Lipinski definition) is 5. The highest BCUT2D eigenvalue weighted by Crippen LogP contribution is 2.42. The number of ether oxygens (including phenoxy) is 3. The highest BCUT2D eigenvalue weighted by Gasteiger charge is 2.30. The van der Waals surface area contributed by atoms with Crippen molar-refractivity contribution in [2.45, 2.75) is 25.7 Å². The van der Waals surface area contributed by atoms with E-state index in [1.165, 1.54) is 4.42 Å². The van der Waals surface area contributed by atoms with Crippen LogP contribution in [0.15, 0.2) is 66.7 Å². The largest absolute Gasteiger partial charge is 0.493 e. The Morgan fingerprint density at radius 1 is 1.09 bits per heavy atom. The molecule has 3 aromatic rings. The Hall–Kier alpha value is -3.22. The van der Waals surface area contributed by atoms with Gasteiger partial charge < -0.3 is 14.2 Å². The second kappa shape index (κ2) is 11.5. The van der Waals surface area contributed by atoms with Crippen LogP contribution < -0.4 is 9.47 Å². The van der Waals surface area contributed by atoms with Crippen LogP contribution in [0.1, 0.15) is 40.7 Å². The van der Waals surface area contributed by atoms with E-state index in [0.717, 1.165) is 5.56 Å². The van der Waals surface area contributed by atoms with E-state index in [1.54, 1.807) is 43.3 Å². The molecule has 4 rings (SSSR count). The molecule has 1 amide bonds. The zero-order valence-electron chi connectivity index (χ0n) is 19.2. The van der Waals surface area contributed by atoms with Gasteiger partial charge in [0, 0.05) is 35.5 Å². The first-order valence-electron chi connectivity index (χ1n) is 11.4. The quantitative estimate of drug-likeness (QED) is 0.257. The molecule has 1 aliphatic rings. The summed E-state index contributed by atoms with van der Waals surface area (Å²) in [6.45, 7) is 2.87. The molecule has 1 aliphatic heterocycles. The van der Waals surface area contributed by atoms with E-state index in [1.807, 2.05) is 30.3 Å². The summed E-state index contributed by atoms with van der Waals surface area (Å²) in [6.07, 6.45) is 1.19. The molecule has 182 valence electrons. The number of rotatable bonds is 8. The SMILES string of the molecule is CCOC(=O)C1CCOc2cc(Oc3ccc(C(=O)N(Cl)CCc4ccccc4)cc3)c(Cl)cc21. The van der Waals surface area contributed by atoms with Crippen LogP contribution in [0, 0.1) is 0 Å². The number of fused-ring (bicyclic) bond motifs is 1. The van der Waals surface area contributed by atoms with Gasteiger partial charge in [-0.05, 0) is 55.7 Å². The Morgan fingerprint density at radius 2 is 1.83 bits per heavy atom. The van der Waals surface area contributed by atoms with Gasteiger partial charge in [0.25, 0.3) is 5.91 Å². The van der Waals surface area contributed by atoms with Crippen LogP contribution in [0.3, 0.4) is 0 Å². The third-order valence-corrected chi connectivity index (χ3v) is 6.28. The lowest BCUT2D eigenvalue weighted by Crippen LogP contribution is -2.23. The second-order valence-corrected chi connectivity index (χ2v) is 8.83. The van der Waals surface area contributed by atoms with Crippen molar-refractivity contribution in [3.63, 3.8) is 0 Å². The number of carbonyl (C=O) groups is 2. The molecule has 3 aromatic carbocycles. The van der Waals surface area contributed by atoms with Crippen molar-refractivity contribution < 1.29 is 23.8 Å². The van der Waals surface area contributed by atoms with E-state index in [9.17, 15) is 9.59 Å². The van der Waals surface area contributed by atoms with Crippen LogP contribution in [0.2, 0.25) is 5.02 Å². The van der Waals surface area contributed by atoms with Gasteiger partial charge in [-0.15, -0.1) is 0 Å². The maximum Gasteiger partial charge on any atom is 0.313 e. The van der Waals surface area contributed by atoms with Gasteiger partial charge in [0.2, 0.25) is 0 Å². The summed E-state index contributed by atoms with van der Waals surface area (Å²) in [5.41, 5.74) is 2.23. The Balaban J connectivity index is 1.42. The van der Waals surface area contributed by atoms with Crippen LogP contribution in [-0.2, 0) is 16.0 Å². The first-order valence-corrected chi connectivity index (χ1v) is 12.1. The molecule has 35 heavy (non-hydrogen) atoms. The van der Waals surface area contributed by atoms with E-state index in [2.05, 4.69) is 0 Å². The fraction of sp³-hybridized carbons (Fsp3) is 0.259. The van der Waals surface area contributed by atoms with Gasteiger partial charge in [-0.25, -0.2) is 0 Å². The maximum absolute atomic E-state index is 12.7. The van der Waals surface area contributed by atoms with Gasteiger partial charge in [0.05, 0.1) is 24.2 Å². The zero-order valence-corrected chi connectivity index (χ0v) is 20.7. The van der Waals surface area contributed by atoms with Crippen LogP contribution in [0.25, 0.3) is 0 Å². The highest BCUT2D eigenvalue weighted by molar-refractivity contribution is 6.32. The fourth-order valence-corrected chi connectivity index (χ4v) is 4.25. The molecule has 0 N–H and O–H groups in total. The molecule has 1 unspecified atom stereocenters. The Labute approximate surface area is 214 Å². The number of hydrogen-bond donors (Lipinski definition) is 0. The normalized spacial score (nSPS) is 14.4. The average molecular weight is 514 g/mol. The first kappa shape index (κ1) is 24.9. The van der Waals surface area contributed by atoms with Gasteiger partial charge in [-0.3, -0.25) is 14.0 Å². The number of esters is 1. The van der Waals surface area contributed by atoms with Gasteiger partial charge in [0.15, 0.2) is 0 Å². The number of carbonyl (C=O) groups excluding carboxylic acids is 2. The van der Waals surface area contributed by atoms with Gasteiger partial charge in [-0.1, -0.05) is 41.9 Å². The Morgan fingerprint density at radius 3 is 2.54 bits per heavy atom. The lowest BCUT2D eigenvalue weighted by Gasteiger charge is -2.25. The minimum atomic E-state index is -0.420. The third kappa shape index (κ3) is 6.08. The van der Waals surface area contributed by atoms with Gasteiger partial charge >= 0.3 is 5.97 Å². The van der Waals surface area contributed by atoms with Crippen molar-refractivity contribution in [2.24, 2.45) is 0 Å². The summed E-state index contributed by atoms with van der Waals surface area (Å²) in [5, 5.41) is 0.344. The summed E-state index contributed by atoms with van der Waals surface area (Å²) < 4.78 is 18.0. The minimum absolute atomic E-state index is 0.292. The van der Waals surface area contributed by atoms with Crippen molar-refractivity contribution in [3.05, 3.63) is 88.4 Å². The van der Waals surface area contributed by atoms with Crippen LogP contribution in [0.4, 0.5) is 0 Å². The average Bonchev–Trinajstić information content (AvgIpc) is 2.88. The molecule has 0 saturated heterocycles. The molecule has 0 saturated carbocycles. The third-order valence-electron chi connectivity index (χ3n) is 5.66. The van der Waals surface area contributed by atoms with Gasteiger partial charge in [0.1, 0.15) is 17.2 Å². The van der Waals surface area contributed by atoms with E-state index >= 15 is 0 Å². The van der Waals surface area contributed by atoms with Crippen LogP contribution in [0.5, 0.6) is 17.2 Å². The molecule has 0 aliphatic carbocycles. The van der Waals surface area contributed by atoms with Crippen LogP contribution in [-0.4, -0.2) is 36.1 Å². The minimum Gasteiger partial charge on any atom is -0.493 e. The number of nitrogens with zero attached hydrogens (tertiary/aromatic N) is 1. The Kier molecular flexibility index (Phi) is 8.16. The van der Waals surface area contributed by atoms with Crippen molar-refractivity contribution >= 4 is 35.3 Å². The van der Waals surface area contributed by atoms with E-state index in [4.69, 9.17) is 37.6 Å². The smallest absolute Gasteiger partial charge is 0.313 e. The topological polar surface area (TPSA) is 65.1 Å². The number of benzene rings is 3.